The third-order valence-electron chi connectivity index (χ3n) is 7.24. The van der Waals surface area contributed by atoms with Gasteiger partial charge in [-0.3, -0.25) is 9.59 Å². The van der Waals surface area contributed by atoms with E-state index in [-0.39, 0.29) is 24.0 Å². The second-order valence-corrected chi connectivity index (χ2v) is 12.2. The van der Waals surface area contributed by atoms with Gasteiger partial charge in [0.1, 0.15) is 23.4 Å². The summed E-state index contributed by atoms with van der Waals surface area (Å²) in [5.74, 6) is -0.479. The van der Waals surface area contributed by atoms with Crippen molar-refractivity contribution in [3.05, 3.63) is 65.2 Å². The van der Waals surface area contributed by atoms with E-state index in [4.69, 9.17) is 4.74 Å². The van der Waals surface area contributed by atoms with Gasteiger partial charge in [-0.2, -0.15) is 0 Å². The fourth-order valence-corrected chi connectivity index (χ4v) is 4.89. The lowest BCUT2D eigenvalue weighted by atomic mass is 9.98. The Bertz CT molecular complexity index is 1130. The summed E-state index contributed by atoms with van der Waals surface area (Å²) in [6.07, 6.45) is 6.94. The minimum atomic E-state index is -0.990. The first-order valence-electron chi connectivity index (χ1n) is 15.9. The van der Waals surface area contributed by atoms with E-state index in [9.17, 15) is 19.5 Å². The monoisotopic (exact) mass is 595 g/mol. The second-order valence-electron chi connectivity index (χ2n) is 12.2. The summed E-state index contributed by atoms with van der Waals surface area (Å²) in [7, 11) is 0. The molecule has 2 aromatic carbocycles. The molecule has 8 nitrogen and oxygen atoms in total. The van der Waals surface area contributed by atoms with Crippen LogP contribution in [-0.2, 0) is 27.2 Å². The number of nitrogens with zero attached hydrogens (tertiary/aromatic N) is 1. The molecule has 0 spiro atoms. The minimum Gasteiger partial charge on any atom is -0.508 e. The average molecular weight is 596 g/mol. The Morgan fingerprint density at radius 3 is 2.02 bits per heavy atom. The zero-order valence-corrected chi connectivity index (χ0v) is 27.1. The van der Waals surface area contributed by atoms with Gasteiger partial charge in [-0.15, -0.1) is 0 Å². The van der Waals surface area contributed by atoms with Crippen molar-refractivity contribution in [1.82, 2.24) is 15.5 Å². The first-order chi connectivity index (χ1) is 20.5. The molecule has 3 N–H and O–H groups in total. The molecule has 2 unspecified atom stereocenters. The quantitative estimate of drug-likeness (QED) is 0.173. The van der Waals surface area contributed by atoms with Crippen LogP contribution in [0.2, 0.25) is 0 Å². The third-order valence-corrected chi connectivity index (χ3v) is 7.24. The van der Waals surface area contributed by atoms with Crippen LogP contribution in [0, 0.1) is 0 Å². The van der Waals surface area contributed by atoms with Crippen LogP contribution >= 0.6 is 0 Å². The molecule has 0 aliphatic rings. The highest BCUT2D eigenvalue weighted by Gasteiger charge is 2.36. The molecule has 0 radical (unpaired) electrons. The lowest BCUT2D eigenvalue weighted by Crippen LogP contribution is -2.54. The largest absolute Gasteiger partial charge is 0.508 e. The van der Waals surface area contributed by atoms with Crippen molar-refractivity contribution in [2.75, 3.05) is 13.1 Å². The van der Waals surface area contributed by atoms with Gasteiger partial charge in [0, 0.05) is 19.5 Å². The molecule has 0 fully saturated rings. The number of aromatic hydroxyl groups is 1. The topological polar surface area (TPSA) is 108 Å². The molecule has 43 heavy (non-hydrogen) atoms. The number of alkyl carbamates (subject to hydrolysis) is 1. The Balaban J connectivity index is 2.53. The fraction of sp³-hybridized carbons (Fsp3) is 0.571. The first-order valence-corrected chi connectivity index (χ1v) is 15.9. The highest BCUT2D eigenvalue weighted by molar-refractivity contribution is 5.92. The van der Waals surface area contributed by atoms with Crippen LogP contribution in [0.15, 0.2) is 48.5 Å². The molecular formula is C35H53N3O5. The van der Waals surface area contributed by atoms with Gasteiger partial charge in [-0.1, -0.05) is 89.3 Å². The maximum atomic E-state index is 14.5. The summed E-state index contributed by atoms with van der Waals surface area (Å²) in [4.78, 5) is 43.0. The summed E-state index contributed by atoms with van der Waals surface area (Å²) >= 11 is 0. The maximum Gasteiger partial charge on any atom is 0.408 e. The molecule has 238 valence electrons. The molecule has 0 saturated carbocycles. The Morgan fingerprint density at radius 1 is 0.837 bits per heavy atom. The van der Waals surface area contributed by atoms with Gasteiger partial charge in [-0.25, -0.2) is 4.79 Å². The smallest absolute Gasteiger partial charge is 0.408 e. The van der Waals surface area contributed by atoms with E-state index < -0.39 is 23.8 Å². The number of hydrogen-bond donors (Lipinski definition) is 3. The van der Waals surface area contributed by atoms with E-state index in [1.807, 2.05) is 24.3 Å². The van der Waals surface area contributed by atoms with Crippen molar-refractivity contribution in [3.63, 3.8) is 0 Å². The van der Waals surface area contributed by atoms with Gasteiger partial charge < -0.3 is 25.4 Å². The number of benzene rings is 2. The molecule has 0 aliphatic heterocycles. The van der Waals surface area contributed by atoms with Gasteiger partial charge in [-0.05, 0) is 68.9 Å². The van der Waals surface area contributed by atoms with Gasteiger partial charge in [0.2, 0.25) is 11.8 Å². The van der Waals surface area contributed by atoms with Crippen LogP contribution in [0.5, 0.6) is 5.75 Å². The van der Waals surface area contributed by atoms with E-state index in [2.05, 4.69) is 31.4 Å². The number of phenols is 1. The van der Waals surface area contributed by atoms with E-state index in [0.29, 0.717) is 13.1 Å². The summed E-state index contributed by atoms with van der Waals surface area (Å²) in [6, 6.07) is 12.6. The number of hydrogen-bond acceptors (Lipinski definition) is 5. The van der Waals surface area contributed by atoms with E-state index >= 15 is 0 Å². The molecule has 0 bridgehead atoms. The predicted molar refractivity (Wildman–Crippen MR) is 172 cm³/mol. The molecule has 0 heterocycles. The van der Waals surface area contributed by atoms with Gasteiger partial charge in [0.25, 0.3) is 0 Å². The summed E-state index contributed by atoms with van der Waals surface area (Å²) in [5, 5.41) is 15.7. The number of phenolic OH excluding ortho intramolecular Hbond substituents is 1. The summed E-state index contributed by atoms with van der Waals surface area (Å²) in [6.45, 7) is 12.5. The molecule has 2 aromatic rings. The van der Waals surface area contributed by atoms with E-state index in [1.165, 1.54) is 0 Å². The van der Waals surface area contributed by atoms with Crippen molar-refractivity contribution in [1.29, 1.82) is 0 Å². The Labute approximate surface area is 258 Å². The van der Waals surface area contributed by atoms with Crippen LogP contribution in [0.25, 0.3) is 0 Å². The third kappa shape index (κ3) is 12.7. The number of nitrogens with one attached hydrogen (secondary N) is 2. The molecule has 0 saturated heterocycles. The summed E-state index contributed by atoms with van der Waals surface area (Å²) < 4.78 is 5.52. The highest BCUT2D eigenvalue weighted by Crippen LogP contribution is 2.25. The van der Waals surface area contributed by atoms with Crippen molar-refractivity contribution < 1.29 is 24.2 Å². The Hall–Kier alpha value is -3.55. The zero-order valence-electron chi connectivity index (χ0n) is 27.1. The lowest BCUT2D eigenvalue weighted by molar-refractivity contribution is -0.142. The van der Waals surface area contributed by atoms with Crippen LogP contribution in [0.3, 0.4) is 0 Å². The molecule has 2 rings (SSSR count). The van der Waals surface area contributed by atoms with Crippen LogP contribution in [0.1, 0.15) is 109 Å². The average Bonchev–Trinajstić information content (AvgIpc) is 2.96. The standard InChI is InChI=1S/C35H53N3O5/c1-7-10-12-14-24-38(31(32(40)36-23-13-11-8-2)28-19-15-26(9-3)16-20-28)33(41)30(37-34(42)43-35(4,5)6)25-27-17-21-29(39)22-18-27/h15-22,30-31,39H,7-14,23-25H2,1-6H3,(H,36,40)(H,37,42). The maximum absolute atomic E-state index is 14.5. The second kappa shape index (κ2) is 18.2. The highest BCUT2D eigenvalue weighted by atomic mass is 16.6. The number of unbranched alkanes of at least 4 members (excludes halogenated alkanes) is 5. The summed E-state index contributed by atoms with van der Waals surface area (Å²) in [5.41, 5.74) is 1.88. The molecular weight excluding hydrogens is 542 g/mol. The minimum absolute atomic E-state index is 0.111. The molecule has 2 atom stereocenters. The zero-order chi connectivity index (χ0) is 31.8. The van der Waals surface area contributed by atoms with Crippen molar-refractivity contribution in [2.45, 2.75) is 117 Å². The lowest BCUT2D eigenvalue weighted by Gasteiger charge is -2.35. The number of carbonyl (C=O) groups excluding carboxylic acids is 3. The van der Waals surface area contributed by atoms with Gasteiger partial charge in [0.15, 0.2) is 0 Å². The number of aryl methyl sites for hydroxylation is 1. The van der Waals surface area contributed by atoms with Crippen LogP contribution in [0.4, 0.5) is 4.79 Å². The van der Waals surface area contributed by atoms with Gasteiger partial charge >= 0.3 is 6.09 Å². The Kier molecular flexibility index (Phi) is 15.1. The number of rotatable bonds is 17. The fourth-order valence-electron chi connectivity index (χ4n) is 4.89. The van der Waals surface area contributed by atoms with Crippen LogP contribution in [-0.4, -0.2) is 52.6 Å². The van der Waals surface area contributed by atoms with Gasteiger partial charge in [0.05, 0.1) is 0 Å². The van der Waals surface area contributed by atoms with Crippen LogP contribution < -0.4 is 10.6 Å². The van der Waals surface area contributed by atoms with Crippen molar-refractivity contribution in [3.8, 4) is 5.75 Å². The Morgan fingerprint density at radius 2 is 1.44 bits per heavy atom. The SMILES string of the molecule is CCCCCCN(C(=O)C(Cc1ccc(O)cc1)NC(=O)OC(C)(C)C)C(C(=O)NCCCCC)c1ccc(CC)cc1. The normalized spacial score (nSPS) is 12.7. The molecule has 3 amide bonds. The van der Waals surface area contributed by atoms with Crippen molar-refractivity contribution >= 4 is 17.9 Å². The van der Waals surface area contributed by atoms with E-state index in [1.54, 1.807) is 49.9 Å². The number of carbonyl (C=O) groups is 3. The molecule has 0 aliphatic carbocycles. The number of amides is 3. The van der Waals surface area contributed by atoms with E-state index in [0.717, 1.165) is 68.1 Å². The molecule has 8 heteroatoms. The molecule has 0 aromatic heterocycles. The predicted octanol–water partition coefficient (Wildman–Crippen LogP) is 6.85. The number of ether oxygens (including phenoxy) is 1. The first kappa shape index (κ1) is 35.6. The van der Waals surface area contributed by atoms with Crippen molar-refractivity contribution in [2.24, 2.45) is 0 Å².